The van der Waals surface area contributed by atoms with E-state index in [0.717, 1.165) is 6.54 Å². The zero-order valence-corrected chi connectivity index (χ0v) is 12.4. The smallest absolute Gasteiger partial charge is 0.110 e. The van der Waals surface area contributed by atoms with E-state index in [1.807, 2.05) is 0 Å². The van der Waals surface area contributed by atoms with Crippen LogP contribution in [0.25, 0.3) is 0 Å². The topological polar surface area (TPSA) is 11.4 Å². The summed E-state index contributed by atoms with van der Waals surface area (Å²) < 4.78 is 2.23. The second-order valence-electron chi connectivity index (χ2n) is 6.21. The molecule has 1 aromatic carbocycles. The predicted octanol–water partition coefficient (Wildman–Crippen LogP) is 3.32. The normalized spacial score (nSPS) is 27.9. The largest absolute Gasteiger partial charge is 0.351 e. The third-order valence-corrected chi connectivity index (χ3v) is 5.15. The molecule has 0 saturated carbocycles. The molecule has 0 radical (unpaired) electrons. The molecular formula is C17H21N3. The first kappa shape index (κ1) is 11.9. The van der Waals surface area contributed by atoms with E-state index in [1.165, 1.54) is 23.5 Å². The quantitative estimate of drug-likeness (QED) is 0.785. The maximum absolute atomic E-state index is 2.58. The maximum atomic E-state index is 2.58. The Balaban J connectivity index is 1.94. The second kappa shape index (κ2) is 3.81. The standard InChI is InChI=1S/C17H21N3/c1-13-19-12-10-17(2,14-7-4-5-8-15(14)19)20(13)16-9-6-11-18(16)3/h4-9,11,13H,10,12H2,1-3H3/t13-,17?/m0/s1. The van der Waals surface area contributed by atoms with E-state index < -0.39 is 0 Å². The lowest BCUT2D eigenvalue weighted by Crippen LogP contribution is -2.66. The van der Waals surface area contributed by atoms with E-state index >= 15 is 0 Å². The van der Waals surface area contributed by atoms with Crippen LogP contribution in [0, 0.1) is 0 Å². The average Bonchev–Trinajstić information content (AvgIpc) is 2.85. The Bertz CT molecular complexity index is 660. The third kappa shape index (κ3) is 1.30. The molecule has 20 heavy (non-hydrogen) atoms. The number of hydrogen-bond acceptors (Lipinski definition) is 2. The summed E-state index contributed by atoms with van der Waals surface area (Å²) in [6, 6.07) is 13.2. The van der Waals surface area contributed by atoms with Crippen LogP contribution >= 0.6 is 0 Å². The minimum atomic E-state index is 0.0941. The van der Waals surface area contributed by atoms with Crippen molar-refractivity contribution < 1.29 is 0 Å². The van der Waals surface area contributed by atoms with Crippen molar-refractivity contribution in [2.75, 3.05) is 16.3 Å². The highest BCUT2D eigenvalue weighted by atomic mass is 15.5. The third-order valence-electron chi connectivity index (χ3n) is 5.15. The van der Waals surface area contributed by atoms with Gasteiger partial charge >= 0.3 is 0 Å². The SMILES string of the molecule is C[C@H]1N2CCC(C)(c3ccccc32)N1c1cccn1C. The first-order valence-electron chi connectivity index (χ1n) is 7.40. The fourth-order valence-electron chi connectivity index (χ4n) is 4.11. The Morgan fingerprint density at radius 1 is 1.15 bits per heavy atom. The van der Waals surface area contributed by atoms with Crippen LogP contribution in [0.2, 0.25) is 0 Å². The highest BCUT2D eigenvalue weighted by Crippen LogP contribution is 2.50. The molecule has 2 bridgehead atoms. The van der Waals surface area contributed by atoms with Crippen molar-refractivity contribution in [1.82, 2.24) is 4.57 Å². The Labute approximate surface area is 120 Å². The number of hydrogen-bond donors (Lipinski definition) is 0. The van der Waals surface area contributed by atoms with Crippen LogP contribution in [-0.2, 0) is 12.6 Å². The summed E-state index contributed by atoms with van der Waals surface area (Å²) in [6.45, 7) is 5.86. The van der Waals surface area contributed by atoms with Crippen LogP contribution in [0.5, 0.6) is 0 Å². The molecule has 2 aromatic rings. The lowest BCUT2D eigenvalue weighted by molar-refractivity contribution is 0.290. The van der Waals surface area contributed by atoms with E-state index in [4.69, 9.17) is 0 Å². The molecule has 0 aliphatic carbocycles. The molecule has 3 heteroatoms. The van der Waals surface area contributed by atoms with Gasteiger partial charge in [-0.05, 0) is 38.5 Å². The van der Waals surface area contributed by atoms with Crippen molar-refractivity contribution in [3.8, 4) is 0 Å². The second-order valence-corrected chi connectivity index (χ2v) is 6.21. The van der Waals surface area contributed by atoms with Crippen molar-refractivity contribution in [2.45, 2.75) is 32.0 Å². The van der Waals surface area contributed by atoms with Gasteiger partial charge in [0, 0.05) is 31.0 Å². The molecule has 1 unspecified atom stereocenters. The van der Waals surface area contributed by atoms with E-state index in [9.17, 15) is 0 Å². The van der Waals surface area contributed by atoms with Gasteiger partial charge in [0.25, 0.3) is 0 Å². The number of para-hydroxylation sites is 1. The van der Waals surface area contributed by atoms with Crippen LogP contribution in [-0.4, -0.2) is 17.3 Å². The summed E-state index contributed by atoms with van der Waals surface area (Å²) in [5, 5.41) is 0. The van der Waals surface area contributed by atoms with E-state index in [-0.39, 0.29) is 5.54 Å². The van der Waals surface area contributed by atoms with Crippen molar-refractivity contribution in [2.24, 2.45) is 7.05 Å². The molecular weight excluding hydrogens is 246 g/mol. The van der Waals surface area contributed by atoms with E-state index in [0.29, 0.717) is 6.17 Å². The summed E-state index contributed by atoms with van der Waals surface area (Å²) in [5.74, 6) is 1.30. The van der Waals surface area contributed by atoms with Crippen LogP contribution in [0.1, 0.15) is 25.8 Å². The number of nitrogens with zero attached hydrogens (tertiary/aromatic N) is 3. The number of anilines is 2. The highest BCUT2D eigenvalue weighted by molar-refractivity contribution is 5.68. The molecule has 104 valence electrons. The Kier molecular flexibility index (Phi) is 2.27. The first-order valence-corrected chi connectivity index (χ1v) is 7.40. The minimum absolute atomic E-state index is 0.0941. The molecule has 0 amide bonds. The first-order chi connectivity index (χ1) is 9.63. The van der Waals surface area contributed by atoms with Gasteiger partial charge in [0.1, 0.15) is 12.0 Å². The van der Waals surface area contributed by atoms with Gasteiger partial charge in [0.2, 0.25) is 0 Å². The van der Waals surface area contributed by atoms with E-state index in [1.54, 1.807) is 0 Å². The molecule has 1 fully saturated rings. The van der Waals surface area contributed by atoms with Gasteiger partial charge in [-0.1, -0.05) is 18.2 Å². The molecule has 3 aliphatic rings. The number of benzene rings is 1. The van der Waals surface area contributed by atoms with Crippen LogP contribution < -0.4 is 9.80 Å². The molecule has 2 atom stereocenters. The molecule has 5 rings (SSSR count). The summed E-state index contributed by atoms with van der Waals surface area (Å²) >= 11 is 0. The number of rotatable bonds is 1. The van der Waals surface area contributed by atoms with Gasteiger partial charge in [-0.3, -0.25) is 0 Å². The van der Waals surface area contributed by atoms with Gasteiger partial charge in [-0.2, -0.15) is 0 Å². The fraction of sp³-hybridized carbons (Fsp3) is 0.412. The van der Waals surface area contributed by atoms with Gasteiger partial charge in [-0.25, -0.2) is 0 Å². The van der Waals surface area contributed by atoms with Crippen LogP contribution in [0.4, 0.5) is 11.5 Å². The van der Waals surface area contributed by atoms with Gasteiger partial charge in [0.05, 0.1) is 5.54 Å². The Morgan fingerprint density at radius 3 is 2.70 bits per heavy atom. The van der Waals surface area contributed by atoms with Gasteiger partial charge in [-0.15, -0.1) is 0 Å². The van der Waals surface area contributed by atoms with Crippen molar-refractivity contribution in [3.63, 3.8) is 0 Å². The number of fused-ring (bicyclic) bond motifs is 2. The summed E-state index contributed by atoms with van der Waals surface area (Å²) in [7, 11) is 2.13. The number of aryl methyl sites for hydroxylation is 1. The van der Waals surface area contributed by atoms with Crippen molar-refractivity contribution in [1.29, 1.82) is 0 Å². The van der Waals surface area contributed by atoms with E-state index in [2.05, 4.69) is 77.9 Å². The predicted molar refractivity (Wildman–Crippen MR) is 83.1 cm³/mol. The average molecular weight is 267 g/mol. The van der Waals surface area contributed by atoms with Crippen LogP contribution in [0.15, 0.2) is 42.6 Å². The molecule has 0 N–H and O–H groups in total. The van der Waals surface area contributed by atoms with Gasteiger partial charge in [0.15, 0.2) is 0 Å². The maximum Gasteiger partial charge on any atom is 0.110 e. The monoisotopic (exact) mass is 267 g/mol. The lowest BCUT2D eigenvalue weighted by Gasteiger charge is -2.60. The Morgan fingerprint density at radius 2 is 1.95 bits per heavy atom. The molecule has 1 aromatic heterocycles. The highest BCUT2D eigenvalue weighted by Gasteiger charge is 2.49. The molecule has 3 aliphatic heterocycles. The van der Waals surface area contributed by atoms with Crippen LogP contribution in [0.3, 0.4) is 0 Å². The van der Waals surface area contributed by atoms with Gasteiger partial charge < -0.3 is 14.4 Å². The zero-order chi connectivity index (χ0) is 13.9. The Hall–Kier alpha value is -1.90. The molecule has 0 spiro atoms. The van der Waals surface area contributed by atoms with Crippen molar-refractivity contribution in [3.05, 3.63) is 48.2 Å². The summed E-state index contributed by atoms with van der Waals surface area (Å²) in [4.78, 5) is 5.12. The minimum Gasteiger partial charge on any atom is -0.351 e. The fourth-order valence-corrected chi connectivity index (χ4v) is 4.11. The molecule has 3 nitrogen and oxygen atoms in total. The lowest BCUT2D eigenvalue weighted by atomic mass is 9.78. The zero-order valence-electron chi connectivity index (χ0n) is 12.4. The van der Waals surface area contributed by atoms with Crippen molar-refractivity contribution >= 4 is 11.5 Å². The molecule has 4 heterocycles. The molecule has 1 saturated heterocycles. The number of aromatic nitrogens is 1. The summed E-state index contributed by atoms with van der Waals surface area (Å²) in [6.07, 6.45) is 3.71. The summed E-state index contributed by atoms with van der Waals surface area (Å²) in [5.41, 5.74) is 2.97.